The molecule has 190 valence electrons. The average Bonchev–Trinajstić information content (AvgIpc) is 3.41. The third kappa shape index (κ3) is 5.83. The highest BCUT2D eigenvalue weighted by Gasteiger charge is 2.32. The number of nitrogens with zero attached hydrogens (tertiary/aromatic N) is 3. The van der Waals surface area contributed by atoms with Crippen LogP contribution in [0.1, 0.15) is 21.8 Å². The quantitative estimate of drug-likeness (QED) is 0.351. The van der Waals surface area contributed by atoms with E-state index in [2.05, 4.69) is 15.2 Å². The van der Waals surface area contributed by atoms with E-state index >= 15 is 0 Å². The Bertz CT molecular complexity index is 1350. The van der Waals surface area contributed by atoms with Crippen molar-refractivity contribution >= 4 is 17.3 Å². The Morgan fingerprint density at radius 1 is 0.919 bits per heavy atom. The van der Waals surface area contributed by atoms with E-state index in [-0.39, 0.29) is 11.4 Å². The van der Waals surface area contributed by atoms with Gasteiger partial charge in [-0.1, -0.05) is 36.4 Å². The number of carbonyl (C=O) groups excluding carboxylic acids is 1. The molecule has 0 bridgehead atoms. The molecule has 6 nitrogen and oxygen atoms in total. The molecule has 5 rings (SSSR count). The third-order valence-corrected chi connectivity index (χ3v) is 6.28. The minimum absolute atomic E-state index is 0.0161. The maximum Gasteiger partial charge on any atom is 0.416 e. The van der Waals surface area contributed by atoms with Gasteiger partial charge < -0.3 is 14.6 Å². The summed E-state index contributed by atoms with van der Waals surface area (Å²) in [5.41, 5.74) is 1.56. The smallest absolute Gasteiger partial charge is 0.416 e. The number of nitrogens with one attached hydrogen (secondary N) is 1. The normalized spacial score (nSPS) is 14.5. The first kappa shape index (κ1) is 24.6. The lowest BCUT2D eigenvalue weighted by Gasteiger charge is -2.37. The molecule has 37 heavy (non-hydrogen) atoms. The molecule has 0 aliphatic carbocycles. The monoisotopic (exact) mass is 506 g/mol. The van der Waals surface area contributed by atoms with Crippen molar-refractivity contribution in [3.05, 3.63) is 102 Å². The number of carbonyl (C=O) groups is 1. The summed E-state index contributed by atoms with van der Waals surface area (Å²) in [7, 11) is 0. The Kier molecular flexibility index (Phi) is 6.96. The number of furan rings is 1. The van der Waals surface area contributed by atoms with Crippen molar-refractivity contribution in [2.45, 2.75) is 12.7 Å². The topological polar surface area (TPSA) is 61.6 Å². The van der Waals surface area contributed by atoms with Gasteiger partial charge in [0, 0.05) is 44.5 Å². The maximum atomic E-state index is 13.5. The van der Waals surface area contributed by atoms with E-state index in [0.29, 0.717) is 44.2 Å². The van der Waals surface area contributed by atoms with E-state index in [1.807, 2.05) is 53.4 Å². The van der Waals surface area contributed by atoms with Crippen LogP contribution in [0, 0.1) is 0 Å². The van der Waals surface area contributed by atoms with Gasteiger partial charge in [0.25, 0.3) is 5.91 Å². The first-order valence-electron chi connectivity index (χ1n) is 11.9. The predicted molar refractivity (Wildman–Crippen MR) is 135 cm³/mol. The molecular formula is C28H25F3N4O2. The van der Waals surface area contributed by atoms with Crippen molar-refractivity contribution in [1.82, 2.24) is 9.88 Å². The van der Waals surface area contributed by atoms with Crippen LogP contribution in [-0.2, 0) is 12.7 Å². The number of amides is 1. The summed E-state index contributed by atoms with van der Waals surface area (Å²) in [6.07, 6.45) is -2.78. The first-order valence-corrected chi connectivity index (χ1v) is 11.9. The first-order chi connectivity index (χ1) is 17.9. The summed E-state index contributed by atoms with van der Waals surface area (Å²) in [4.78, 5) is 21.6. The molecule has 2 aromatic carbocycles. The van der Waals surface area contributed by atoms with E-state index in [0.717, 1.165) is 23.4 Å². The molecule has 1 aliphatic heterocycles. The lowest BCUT2D eigenvalue weighted by atomic mass is 10.1. The molecule has 1 fully saturated rings. The van der Waals surface area contributed by atoms with Crippen molar-refractivity contribution in [1.29, 1.82) is 0 Å². The van der Waals surface area contributed by atoms with Gasteiger partial charge in [-0.05, 0) is 42.5 Å². The molecule has 0 spiro atoms. The fraction of sp³-hybridized carbons (Fsp3) is 0.214. The molecule has 1 saturated heterocycles. The SMILES string of the molecule is O=C(Nc1cc(C(F)(F)F)ccc1N1CCN(Cc2ccccn2)CC1)c1ccc(-c2ccccc2)o1. The number of halogens is 3. The highest BCUT2D eigenvalue weighted by molar-refractivity contribution is 6.04. The molecule has 0 unspecified atom stereocenters. The number of benzene rings is 2. The molecule has 1 amide bonds. The standard InChI is InChI=1S/C28H25F3N4O2/c29-28(30,31)21-9-10-24(35-16-14-34(15-17-35)19-22-8-4-5-13-32-22)23(18-21)33-27(36)26-12-11-25(37-26)20-6-2-1-3-7-20/h1-13,18H,14-17,19H2,(H,33,36). The Morgan fingerprint density at radius 3 is 2.38 bits per heavy atom. The highest BCUT2D eigenvalue weighted by atomic mass is 19.4. The molecule has 1 N–H and O–H groups in total. The van der Waals surface area contributed by atoms with Crippen LogP contribution >= 0.6 is 0 Å². The fourth-order valence-electron chi connectivity index (χ4n) is 4.36. The van der Waals surface area contributed by atoms with Gasteiger partial charge in [0.15, 0.2) is 5.76 Å². The molecule has 2 aromatic heterocycles. The Hall–Kier alpha value is -4.11. The summed E-state index contributed by atoms with van der Waals surface area (Å²) in [6, 6.07) is 21.7. The van der Waals surface area contributed by atoms with Gasteiger partial charge in [0.2, 0.25) is 0 Å². The van der Waals surface area contributed by atoms with Crippen LogP contribution in [0.25, 0.3) is 11.3 Å². The number of rotatable bonds is 6. The van der Waals surface area contributed by atoms with Crippen LogP contribution in [-0.4, -0.2) is 42.0 Å². The zero-order chi connectivity index (χ0) is 25.8. The molecule has 3 heterocycles. The van der Waals surface area contributed by atoms with Crippen molar-refractivity contribution in [2.24, 2.45) is 0 Å². The van der Waals surface area contributed by atoms with Gasteiger partial charge in [-0.3, -0.25) is 14.7 Å². The predicted octanol–water partition coefficient (Wildman–Crippen LogP) is 5.93. The van der Waals surface area contributed by atoms with Crippen molar-refractivity contribution in [2.75, 3.05) is 36.4 Å². The number of hydrogen-bond donors (Lipinski definition) is 1. The number of pyridine rings is 1. The zero-order valence-electron chi connectivity index (χ0n) is 19.9. The minimum Gasteiger partial charge on any atom is -0.451 e. The van der Waals surface area contributed by atoms with Crippen molar-refractivity contribution < 1.29 is 22.4 Å². The third-order valence-electron chi connectivity index (χ3n) is 6.28. The molecule has 1 aliphatic rings. The van der Waals surface area contributed by atoms with Crippen LogP contribution in [0.2, 0.25) is 0 Å². The van der Waals surface area contributed by atoms with Gasteiger partial charge in [-0.25, -0.2) is 0 Å². The van der Waals surface area contributed by atoms with E-state index in [1.165, 1.54) is 12.1 Å². The molecule has 4 aromatic rings. The van der Waals surface area contributed by atoms with Gasteiger partial charge in [0.1, 0.15) is 5.76 Å². The molecular weight excluding hydrogens is 481 g/mol. The van der Waals surface area contributed by atoms with E-state index < -0.39 is 17.6 Å². The minimum atomic E-state index is -4.54. The second kappa shape index (κ2) is 10.5. The average molecular weight is 507 g/mol. The second-order valence-corrected chi connectivity index (χ2v) is 8.80. The highest BCUT2D eigenvalue weighted by Crippen LogP contribution is 2.36. The number of piperazine rings is 1. The Morgan fingerprint density at radius 2 is 1.68 bits per heavy atom. The lowest BCUT2D eigenvalue weighted by molar-refractivity contribution is -0.137. The molecule has 0 radical (unpaired) electrons. The summed E-state index contributed by atoms with van der Waals surface area (Å²) in [5.74, 6) is -0.0991. The van der Waals surface area contributed by atoms with Crippen LogP contribution in [0.3, 0.4) is 0 Å². The van der Waals surface area contributed by atoms with Gasteiger partial charge >= 0.3 is 6.18 Å². The fourth-order valence-corrected chi connectivity index (χ4v) is 4.36. The summed E-state index contributed by atoms with van der Waals surface area (Å²) >= 11 is 0. The summed E-state index contributed by atoms with van der Waals surface area (Å²) < 4.78 is 46.2. The molecule has 9 heteroatoms. The van der Waals surface area contributed by atoms with Crippen LogP contribution in [0.4, 0.5) is 24.5 Å². The van der Waals surface area contributed by atoms with Crippen LogP contribution < -0.4 is 10.2 Å². The summed E-state index contributed by atoms with van der Waals surface area (Å²) in [5, 5.41) is 2.65. The van der Waals surface area contributed by atoms with E-state index in [1.54, 1.807) is 12.3 Å². The maximum absolute atomic E-state index is 13.5. The van der Waals surface area contributed by atoms with Crippen molar-refractivity contribution in [3.8, 4) is 11.3 Å². The molecule has 0 atom stereocenters. The largest absolute Gasteiger partial charge is 0.451 e. The van der Waals surface area contributed by atoms with Gasteiger partial charge in [0.05, 0.1) is 22.6 Å². The van der Waals surface area contributed by atoms with Crippen LogP contribution in [0.5, 0.6) is 0 Å². The van der Waals surface area contributed by atoms with Crippen LogP contribution in [0.15, 0.2) is 89.5 Å². The molecule has 0 saturated carbocycles. The number of aromatic nitrogens is 1. The van der Waals surface area contributed by atoms with Gasteiger partial charge in [-0.15, -0.1) is 0 Å². The Balaban J connectivity index is 1.34. The number of alkyl halides is 3. The Labute approximate surface area is 212 Å². The number of anilines is 2. The lowest BCUT2D eigenvalue weighted by Crippen LogP contribution is -2.46. The second-order valence-electron chi connectivity index (χ2n) is 8.80. The number of hydrogen-bond acceptors (Lipinski definition) is 5. The van der Waals surface area contributed by atoms with Gasteiger partial charge in [-0.2, -0.15) is 13.2 Å². The van der Waals surface area contributed by atoms with E-state index in [9.17, 15) is 18.0 Å². The van der Waals surface area contributed by atoms with Crippen molar-refractivity contribution in [3.63, 3.8) is 0 Å². The summed E-state index contributed by atoms with van der Waals surface area (Å²) in [6.45, 7) is 3.32. The van der Waals surface area contributed by atoms with E-state index in [4.69, 9.17) is 4.42 Å². The zero-order valence-corrected chi connectivity index (χ0v) is 19.9.